The first-order valence-electron chi connectivity index (χ1n) is 10.9. The molecule has 14 heteroatoms. The number of carbonyl (C=O) groups is 2. The van der Waals surface area contributed by atoms with Crippen molar-refractivity contribution in [3.63, 3.8) is 0 Å². The van der Waals surface area contributed by atoms with Crippen molar-refractivity contribution in [2.45, 2.75) is 13.0 Å². The highest BCUT2D eigenvalue weighted by Gasteiger charge is 2.23. The summed E-state index contributed by atoms with van der Waals surface area (Å²) in [5.74, 6) is -2.69. The molecular formula is C21H27ClF2N6O4S. The number of nitrogens with zero attached hydrogens (tertiary/aromatic N) is 3. The van der Waals surface area contributed by atoms with E-state index in [2.05, 4.69) is 24.8 Å². The van der Waals surface area contributed by atoms with E-state index < -0.39 is 30.2 Å². The van der Waals surface area contributed by atoms with Gasteiger partial charge in [0.2, 0.25) is 5.88 Å². The van der Waals surface area contributed by atoms with Gasteiger partial charge < -0.3 is 25.8 Å². The molecule has 0 aliphatic carbocycles. The number of nitrogens with two attached hydrogens (primary N) is 1. The van der Waals surface area contributed by atoms with Crippen LogP contribution in [0.3, 0.4) is 0 Å². The fraction of sp³-hybridized carbons (Fsp3) is 0.476. The van der Waals surface area contributed by atoms with E-state index >= 15 is 0 Å². The summed E-state index contributed by atoms with van der Waals surface area (Å²) < 4.78 is 36.9. The number of anilines is 1. The molecule has 0 atom stereocenters. The molecule has 3 rings (SSSR count). The van der Waals surface area contributed by atoms with Gasteiger partial charge in [-0.3, -0.25) is 15.0 Å². The predicted octanol–water partition coefficient (Wildman–Crippen LogP) is 1.87. The molecule has 192 valence electrons. The molecule has 2 heterocycles. The number of carbonyl (C=O) groups excluding carboxylic acids is 2. The first-order chi connectivity index (χ1) is 16.8. The quantitative estimate of drug-likeness (QED) is 0.256. The lowest BCUT2D eigenvalue weighted by Gasteiger charge is -2.34. The topological polar surface area (TPSA) is 133 Å². The van der Waals surface area contributed by atoms with Crippen LogP contribution < -0.4 is 21.1 Å². The van der Waals surface area contributed by atoms with E-state index in [0.717, 1.165) is 62.8 Å². The van der Waals surface area contributed by atoms with Gasteiger partial charge >= 0.3 is 6.03 Å². The van der Waals surface area contributed by atoms with Crippen molar-refractivity contribution in [2.24, 2.45) is 5.73 Å². The summed E-state index contributed by atoms with van der Waals surface area (Å²) in [4.78, 5) is 28.7. The number of hydrogen-bond donors (Lipinski definition) is 4. The van der Waals surface area contributed by atoms with Gasteiger partial charge in [0.25, 0.3) is 5.91 Å². The van der Waals surface area contributed by atoms with Crippen LogP contribution in [0.5, 0.6) is 5.88 Å². The summed E-state index contributed by atoms with van der Waals surface area (Å²) in [6.07, 6.45) is 0.733. The third-order valence-electron chi connectivity index (χ3n) is 5.41. The fourth-order valence-corrected chi connectivity index (χ4v) is 4.41. The summed E-state index contributed by atoms with van der Waals surface area (Å²) in [6.45, 7) is 5.27. The van der Waals surface area contributed by atoms with Gasteiger partial charge in [-0.05, 0) is 36.6 Å². The summed E-state index contributed by atoms with van der Waals surface area (Å²) in [5.41, 5.74) is 5.12. The zero-order chi connectivity index (χ0) is 25.4. The van der Waals surface area contributed by atoms with E-state index in [1.54, 1.807) is 0 Å². The highest BCUT2D eigenvalue weighted by atomic mass is 35.5. The zero-order valence-corrected chi connectivity index (χ0v) is 20.4. The Labute approximate surface area is 210 Å². The number of piperazine rings is 1. The van der Waals surface area contributed by atoms with Gasteiger partial charge in [-0.25, -0.2) is 13.6 Å². The molecule has 0 saturated carbocycles. The van der Waals surface area contributed by atoms with Crippen molar-refractivity contribution in [3.05, 3.63) is 39.9 Å². The van der Waals surface area contributed by atoms with Gasteiger partial charge in [-0.2, -0.15) is 4.37 Å². The lowest BCUT2D eigenvalue weighted by molar-refractivity contribution is 0.0996. The van der Waals surface area contributed by atoms with Crippen LogP contribution in [-0.4, -0.2) is 83.6 Å². The number of urea groups is 1. The van der Waals surface area contributed by atoms with Crippen LogP contribution in [0.25, 0.3) is 0 Å². The Hall–Kier alpha value is -2.58. The number of rotatable bonds is 11. The number of amides is 3. The van der Waals surface area contributed by atoms with Crippen molar-refractivity contribution in [1.82, 2.24) is 19.5 Å². The smallest absolute Gasteiger partial charge is 0.319 e. The van der Waals surface area contributed by atoms with E-state index in [0.29, 0.717) is 13.1 Å². The normalized spacial score (nSPS) is 14.6. The van der Waals surface area contributed by atoms with Crippen LogP contribution in [0.4, 0.5) is 18.6 Å². The van der Waals surface area contributed by atoms with Crippen LogP contribution in [0.2, 0.25) is 5.02 Å². The van der Waals surface area contributed by atoms with Gasteiger partial charge in [0.1, 0.15) is 28.8 Å². The van der Waals surface area contributed by atoms with Gasteiger partial charge in [0, 0.05) is 44.8 Å². The first kappa shape index (κ1) is 27.0. The molecule has 5 N–H and O–H groups in total. The maximum atomic E-state index is 14.0. The Morgan fingerprint density at radius 3 is 2.51 bits per heavy atom. The first-order valence-corrected chi connectivity index (χ1v) is 12.1. The molecule has 35 heavy (non-hydrogen) atoms. The average Bonchev–Trinajstić information content (AvgIpc) is 3.22. The number of β-amino-alcohol motifs (C(OH)–C–C–N with tert-alkyl or cyclic N) is 1. The summed E-state index contributed by atoms with van der Waals surface area (Å²) in [6, 6.07) is 1.16. The minimum atomic E-state index is -0.896. The predicted molar refractivity (Wildman–Crippen MR) is 128 cm³/mol. The van der Waals surface area contributed by atoms with Crippen molar-refractivity contribution < 1.29 is 28.2 Å². The van der Waals surface area contributed by atoms with Crippen LogP contribution in [0.1, 0.15) is 22.3 Å². The maximum absolute atomic E-state index is 14.0. The number of aliphatic hydroxyl groups is 1. The van der Waals surface area contributed by atoms with E-state index in [1.165, 1.54) is 0 Å². The van der Waals surface area contributed by atoms with E-state index in [9.17, 15) is 18.4 Å². The Morgan fingerprint density at radius 2 is 1.86 bits per heavy atom. The molecule has 2 aromatic rings. The second kappa shape index (κ2) is 12.9. The van der Waals surface area contributed by atoms with Crippen LogP contribution in [-0.2, 0) is 6.61 Å². The lowest BCUT2D eigenvalue weighted by Crippen LogP contribution is -2.47. The van der Waals surface area contributed by atoms with Gasteiger partial charge in [-0.1, -0.05) is 11.6 Å². The lowest BCUT2D eigenvalue weighted by atomic mass is 10.2. The Morgan fingerprint density at radius 1 is 1.17 bits per heavy atom. The standard InChI is InChI=1S/C21H27ClF2N6O4S/c22-14-11-15(23)13(10-16(14)24)12-34-19-17(18(25)32)20(35-28-19)27-21(33)26-2-1-3-29-4-6-30(7-5-29)8-9-31/h10-11,31H,1-9,12H2,(H2,25,32)(H2,26,27,33). The minimum Gasteiger partial charge on any atom is -0.471 e. The number of benzene rings is 1. The molecule has 3 amide bonds. The summed E-state index contributed by atoms with van der Waals surface area (Å²) in [7, 11) is 0. The maximum Gasteiger partial charge on any atom is 0.319 e. The Kier molecular flexibility index (Phi) is 9.98. The molecule has 1 aliphatic heterocycles. The molecule has 0 unspecified atom stereocenters. The van der Waals surface area contributed by atoms with Crippen molar-refractivity contribution >= 4 is 40.1 Å². The van der Waals surface area contributed by atoms with Gasteiger partial charge in [0.05, 0.1) is 11.6 Å². The van der Waals surface area contributed by atoms with Crippen molar-refractivity contribution in [1.29, 1.82) is 0 Å². The number of primary amides is 1. The van der Waals surface area contributed by atoms with Gasteiger partial charge in [0.15, 0.2) is 0 Å². The van der Waals surface area contributed by atoms with Gasteiger partial charge in [-0.15, -0.1) is 0 Å². The van der Waals surface area contributed by atoms with E-state index in [4.69, 9.17) is 27.2 Å². The molecule has 1 aromatic carbocycles. The molecular weight excluding hydrogens is 506 g/mol. The molecule has 1 saturated heterocycles. The highest BCUT2D eigenvalue weighted by Crippen LogP contribution is 2.31. The third-order valence-corrected chi connectivity index (χ3v) is 6.44. The fourth-order valence-electron chi connectivity index (χ4n) is 3.53. The van der Waals surface area contributed by atoms with Crippen LogP contribution >= 0.6 is 23.1 Å². The molecule has 10 nitrogen and oxygen atoms in total. The van der Waals surface area contributed by atoms with Crippen molar-refractivity contribution in [3.8, 4) is 5.88 Å². The summed E-state index contributed by atoms with van der Waals surface area (Å²) >= 11 is 6.31. The third kappa shape index (κ3) is 7.70. The number of halogens is 3. The van der Waals surface area contributed by atoms with E-state index in [1.807, 2.05) is 0 Å². The number of ether oxygens (including phenoxy) is 1. The molecule has 0 radical (unpaired) electrons. The van der Waals surface area contributed by atoms with Crippen LogP contribution in [0.15, 0.2) is 12.1 Å². The highest BCUT2D eigenvalue weighted by molar-refractivity contribution is 7.11. The van der Waals surface area contributed by atoms with Crippen molar-refractivity contribution in [2.75, 3.05) is 57.7 Å². The number of nitrogens with one attached hydrogen (secondary N) is 2. The largest absolute Gasteiger partial charge is 0.471 e. The summed E-state index contributed by atoms with van der Waals surface area (Å²) in [5, 5.41) is 14.0. The van der Waals surface area contributed by atoms with E-state index in [-0.39, 0.29) is 33.6 Å². The Balaban J connectivity index is 1.47. The number of aliphatic hydroxyl groups excluding tert-OH is 1. The molecule has 1 aromatic heterocycles. The molecule has 0 spiro atoms. The molecule has 1 fully saturated rings. The average molecular weight is 533 g/mol. The second-order valence-electron chi connectivity index (χ2n) is 7.84. The van der Waals surface area contributed by atoms with Crippen LogP contribution in [0, 0.1) is 11.6 Å². The Bertz CT molecular complexity index is 1040. The molecule has 0 bridgehead atoms. The zero-order valence-electron chi connectivity index (χ0n) is 18.9. The number of aromatic nitrogens is 1. The molecule has 1 aliphatic rings. The second-order valence-corrected chi connectivity index (χ2v) is 9.02. The monoisotopic (exact) mass is 532 g/mol. The minimum absolute atomic E-state index is 0.0766. The SMILES string of the molecule is NC(=O)c1c(OCc2cc(F)c(Cl)cc2F)nsc1NC(=O)NCCCN1CCN(CCO)CC1. The number of hydrogen-bond acceptors (Lipinski definition) is 8.